The van der Waals surface area contributed by atoms with Crippen molar-refractivity contribution < 1.29 is 13.2 Å². The number of nitrogens with one attached hydrogen (secondary N) is 2. The number of sulfonamides is 1. The van der Waals surface area contributed by atoms with E-state index in [0.717, 1.165) is 36.1 Å². The molecule has 0 aliphatic heterocycles. The fourth-order valence-electron chi connectivity index (χ4n) is 2.20. The average Bonchev–Trinajstić information content (AvgIpc) is 3.34. The Morgan fingerprint density at radius 2 is 2.08 bits per heavy atom. The van der Waals surface area contributed by atoms with Crippen LogP contribution in [0.25, 0.3) is 0 Å². The molecule has 0 bridgehead atoms. The van der Waals surface area contributed by atoms with E-state index in [2.05, 4.69) is 25.2 Å². The topological polar surface area (TPSA) is 138 Å². The molecule has 1 amide bonds. The van der Waals surface area contributed by atoms with Crippen LogP contribution in [0.3, 0.4) is 0 Å². The van der Waals surface area contributed by atoms with E-state index in [1.54, 1.807) is 12.3 Å². The van der Waals surface area contributed by atoms with E-state index < -0.39 is 15.9 Å². The second-order valence-electron chi connectivity index (χ2n) is 5.61. The first kappa shape index (κ1) is 18.6. The molecular formula is C14H14N6O3S3. The second kappa shape index (κ2) is 7.18. The van der Waals surface area contributed by atoms with Crippen LogP contribution in [0.2, 0.25) is 0 Å². The third-order valence-electron chi connectivity index (χ3n) is 3.47. The second-order valence-corrected chi connectivity index (χ2v) is 9.13. The van der Waals surface area contributed by atoms with Crippen LogP contribution < -0.4 is 10.0 Å². The maximum absolute atomic E-state index is 12.7. The summed E-state index contributed by atoms with van der Waals surface area (Å²) in [4.78, 5) is 17.1. The normalized spacial score (nSPS) is 13.9. The molecule has 136 valence electrons. The molecule has 0 unspecified atom stereocenters. The zero-order valence-electron chi connectivity index (χ0n) is 13.8. The van der Waals surface area contributed by atoms with Crippen LogP contribution in [0.5, 0.6) is 0 Å². The summed E-state index contributed by atoms with van der Waals surface area (Å²) >= 11 is 2.19. The summed E-state index contributed by atoms with van der Waals surface area (Å²) in [7, 11) is -3.48. The molecule has 0 spiro atoms. The van der Waals surface area contributed by atoms with E-state index in [1.165, 1.54) is 11.8 Å². The predicted octanol–water partition coefficient (Wildman–Crippen LogP) is 2.03. The van der Waals surface area contributed by atoms with E-state index in [1.807, 2.05) is 6.07 Å². The Balaban J connectivity index is 1.88. The lowest BCUT2D eigenvalue weighted by Gasteiger charge is -2.09. The highest BCUT2D eigenvalue weighted by Gasteiger charge is 2.28. The van der Waals surface area contributed by atoms with Gasteiger partial charge in [0.05, 0.1) is 17.4 Å². The number of thioether (sulfide) groups is 1. The molecule has 2 aromatic rings. The summed E-state index contributed by atoms with van der Waals surface area (Å²) in [6.45, 7) is 0. The van der Waals surface area contributed by atoms with Gasteiger partial charge in [-0.1, -0.05) is 11.3 Å². The summed E-state index contributed by atoms with van der Waals surface area (Å²) in [5.74, 6) is -0.185. The number of nitriles is 1. The highest BCUT2D eigenvalue weighted by molar-refractivity contribution is 7.98. The largest absolute Gasteiger partial charge is 0.296 e. The third-order valence-corrected chi connectivity index (χ3v) is 5.60. The number of carbonyl (C=O) groups excluding carboxylic acids is 1. The molecule has 1 fully saturated rings. The van der Waals surface area contributed by atoms with Crippen LogP contribution in [0.15, 0.2) is 11.1 Å². The highest BCUT2D eigenvalue weighted by atomic mass is 32.2. The zero-order valence-corrected chi connectivity index (χ0v) is 16.3. The fraction of sp³-hybridized carbons (Fsp3) is 0.357. The van der Waals surface area contributed by atoms with Crippen LogP contribution in [-0.4, -0.2) is 42.0 Å². The van der Waals surface area contributed by atoms with Gasteiger partial charge in [-0.25, -0.2) is 13.4 Å². The van der Waals surface area contributed by atoms with Crippen molar-refractivity contribution in [3.05, 3.63) is 22.9 Å². The van der Waals surface area contributed by atoms with Gasteiger partial charge in [0.1, 0.15) is 11.1 Å². The Hall–Kier alpha value is -2.23. The molecule has 26 heavy (non-hydrogen) atoms. The summed E-state index contributed by atoms with van der Waals surface area (Å²) in [6.07, 6.45) is 4.83. The van der Waals surface area contributed by atoms with Crippen molar-refractivity contribution in [1.29, 1.82) is 5.26 Å². The van der Waals surface area contributed by atoms with Crippen molar-refractivity contribution in [2.45, 2.75) is 23.8 Å². The monoisotopic (exact) mass is 410 g/mol. The molecule has 9 nitrogen and oxygen atoms in total. The first-order chi connectivity index (χ1) is 12.3. The Morgan fingerprint density at radius 1 is 1.38 bits per heavy atom. The molecule has 1 aliphatic carbocycles. The summed E-state index contributed by atoms with van der Waals surface area (Å²) in [5.41, 5.74) is 1.23. The summed E-state index contributed by atoms with van der Waals surface area (Å²) < 4.78 is 24.6. The van der Waals surface area contributed by atoms with Gasteiger partial charge >= 0.3 is 0 Å². The lowest BCUT2D eigenvalue weighted by molar-refractivity contribution is 0.102. The van der Waals surface area contributed by atoms with E-state index in [0.29, 0.717) is 10.9 Å². The number of anilines is 2. The molecule has 12 heteroatoms. The quantitative estimate of drug-likeness (QED) is 0.690. The molecule has 1 saturated carbocycles. The molecular weight excluding hydrogens is 396 g/mol. The Bertz CT molecular complexity index is 1010. The molecule has 3 rings (SSSR count). The maximum Gasteiger partial charge on any atom is 0.259 e. The molecule has 0 aromatic carbocycles. The van der Waals surface area contributed by atoms with Gasteiger partial charge in [-0.05, 0) is 25.2 Å². The Labute approximate surface area is 158 Å². The minimum atomic E-state index is -3.48. The van der Waals surface area contributed by atoms with Crippen molar-refractivity contribution in [3.8, 4) is 6.07 Å². The van der Waals surface area contributed by atoms with Crippen molar-refractivity contribution in [3.63, 3.8) is 0 Å². The zero-order chi connectivity index (χ0) is 18.9. The van der Waals surface area contributed by atoms with Gasteiger partial charge in [-0.2, -0.15) is 5.26 Å². The highest BCUT2D eigenvalue weighted by Crippen LogP contribution is 2.40. The van der Waals surface area contributed by atoms with E-state index in [-0.39, 0.29) is 21.4 Å². The van der Waals surface area contributed by atoms with Crippen LogP contribution in [0, 0.1) is 11.3 Å². The molecule has 1 aliphatic rings. The SMILES string of the molecule is CSc1nc(C2CC2)cc(C(=O)Nc2nnc(NS(C)(=O)=O)s2)c1C#N. The number of nitrogens with zero attached hydrogens (tertiary/aromatic N) is 4. The van der Waals surface area contributed by atoms with Gasteiger partial charge in [0.2, 0.25) is 20.3 Å². The van der Waals surface area contributed by atoms with Gasteiger partial charge in [0.25, 0.3) is 5.91 Å². The number of pyridine rings is 1. The number of hydrogen-bond acceptors (Lipinski definition) is 9. The molecule has 2 N–H and O–H groups in total. The third kappa shape index (κ3) is 4.29. The van der Waals surface area contributed by atoms with Gasteiger partial charge in [0.15, 0.2) is 0 Å². The molecule has 2 aromatic heterocycles. The summed E-state index contributed by atoms with van der Waals surface area (Å²) in [6, 6.07) is 3.68. The Morgan fingerprint density at radius 3 is 2.65 bits per heavy atom. The van der Waals surface area contributed by atoms with E-state index in [9.17, 15) is 18.5 Å². The van der Waals surface area contributed by atoms with Crippen molar-refractivity contribution >= 4 is 49.3 Å². The minimum absolute atomic E-state index is 0.0431. The van der Waals surface area contributed by atoms with Gasteiger partial charge in [-0.15, -0.1) is 22.0 Å². The number of aromatic nitrogens is 3. The first-order valence-corrected chi connectivity index (χ1v) is 11.4. The van der Waals surface area contributed by atoms with Crippen LogP contribution in [0.1, 0.15) is 40.4 Å². The molecule has 0 radical (unpaired) electrons. The number of hydrogen-bond donors (Lipinski definition) is 2. The van der Waals surface area contributed by atoms with Crippen molar-refractivity contribution in [1.82, 2.24) is 15.2 Å². The van der Waals surface area contributed by atoms with Crippen molar-refractivity contribution in [2.75, 3.05) is 22.6 Å². The lowest BCUT2D eigenvalue weighted by Crippen LogP contribution is -2.15. The average molecular weight is 411 g/mol. The maximum atomic E-state index is 12.7. The van der Waals surface area contributed by atoms with Gasteiger partial charge in [0, 0.05) is 11.6 Å². The summed E-state index contributed by atoms with van der Waals surface area (Å²) in [5, 5.41) is 20.1. The first-order valence-electron chi connectivity index (χ1n) is 7.42. The Kier molecular flexibility index (Phi) is 5.12. The number of rotatable bonds is 6. The standard InChI is InChI=1S/C14H14N6O3S3/c1-24-12-9(6-15)8(5-10(16-12)7-3-4-7)11(21)17-13-18-19-14(25-13)20-26(2,22)23/h5,7H,3-4H2,1-2H3,(H,19,20)(H,17,18,21). The molecule has 0 saturated heterocycles. The molecule has 2 heterocycles. The van der Waals surface area contributed by atoms with Crippen LogP contribution in [0.4, 0.5) is 10.3 Å². The predicted molar refractivity (Wildman–Crippen MR) is 99.0 cm³/mol. The van der Waals surface area contributed by atoms with Crippen LogP contribution in [-0.2, 0) is 10.0 Å². The van der Waals surface area contributed by atoms with Gasteiger partial charge < -0.3 is 0 Å². The molecule has 0 atom stereocenters. The smallest absolute Gasteiger partial charge is 0.259 e. The minimum Gasteiger partial charge on any atom is -0.296 e. The number of amides is 1. The van der Waals surface area contributed by atoms with Crippen molar-refractivity contribution in [2.24, 2.45) is 0 Å². The lowest BCUT2D eigenvalue weighted by atomic mass is 10.1. The van der Waals surface area contributed by atoms with Crippen LogP contribution >= 0.6 is 23.1 Å². The van der Waals surface area contributed by atoms with Gasteiger partial charge in [-0.3, -0.25) is 14.8 Å². The fourth-order valence-corrected chi connectivity index (χ4v) is 4.23. The van der Waals surface area contributed by atoms with E-state index >= 15 is 0 Å². The number of carbonyl (C=O) groups is 1. The van der Waals surface area contributed by atoms with E-state index in [4.69, 9.17) is 0 Å².